The molecule has 1 aromatic rings. The number of ketones is 1. The van der Waals surface area contributed by atoms with E-state index in [9.17, 15) is 18.0 Å². The Morgan fingerprint density at radius 2 is 1.94 bits per heavy atom. The average molecular weight is 255 g/mol. The lowest BCUT2D eigenvalue weighted by atomic mass is 9.89. The number of nitriles is 1. The molecule has 2 nitrogen and oxygen atoms in total. The van der Waals surface area contributed by atoms with Gasteiger partial charge in [0.25, 0.3) is 0 Å². The third-order valence-electron chi connectivity index (χ3n) is 2.53. The van der Waals surface area contributed by atoms with Gasteiger partial charge in [0.05, 0.1) is 11.6 Å². The van der Waals surface area contributed by atoms with Crippen LogP contribution in [0.4, 0.5) is 13.2 Å². The Morgan fingerprint density at radius 1 is 1.33 bits per heavy atom. The van der Waals surface area contributed by atoms with Crippen LogP contribution in [-0.2, 0) is 11.0 Å². The molecule has 18 heavy (non-hydrogen) atoms. The molecule has 0 radical (unpaired) electrons. The smallest absolute Gasteiger partial charge is 0.298 e. The number of hydrogen-bond donors (Lipinski definition) is 0. The van der Waals surface area contributed by atoms with E-state index in [1.807, 2.05) is 0 Å². The highest BCUT2D eigenvalue weighted by atomic mass is 19.4. The molecule has 0 fully saturated rings. The van der Waals surface area contributed by atoms with Gasteiger partial charge in [-0.15, -0.1) is 0 Å². The summed E-state index contributed by atoms with van der Waals surface area (Å²) in [5.41, 5.74) is -0.761. The Labute approximate surface area is 103 Å². The molecule has 0 aromatic heterocycles. The fourth-order valence-electron chi connectivity index (χ4n) is 1.53. The number of hydrogen-bond acceptors (Lipinski definition) is 2. The van der Waals surface area contributed by atoms with Gasteiger partial charge in [0.15, 0.2) is 5.78 Å². The van der Waals surface area contributed by atoms with Crippen LogP contribution in [0.15, 0.2) is 24.3 Å². The maximum Gasteiger partial charge on any atom is 0.416 e. The maximum absolute atomic E-state index is 12.5. The lowest BCUT2D eigenvalue weighted by Crippen LogP contribution is -2.17. The van der Waals surface area contributed by atoms with E-state index in [2.05, 4.69) is 0 Å². The molecule has 0 unspecified atom stereocenters. The van der Waals surface area contributed by atoms with Crippen molar-refractivity contribution >= 4 is 5.78 Å². The summed E-state index contributed by atoms with van der Waals surface area (Å²) in [6, 6.07) is 6.10. The van der Waals surface area contributed by atoms with Gasteiger partial charge in [-0.2, -0.15) is 18.4 Å². The topological polar surface area (TPSA) is 40.9 Å². The third-order valence-corrected chi connectivity index (χ3v) is 2.53. The molecule has 0 saturated heterocycles. The highest BCUT2D eigenvalue weighted by molar-refractivity contribution is 5.89. The van der Waals surface area contributed by atoms with Crippen LogP contribution in [0.1, 0.15) is 30.9 Å². The van der Waals surface area contributed by atoms with Crippen molar-refractivity contribution in [2.75, 3.05) is 0 Å². The van der Waals surface area contributed by atoms with Crippen LogP contribution in [0.25, 0.3) is 0 Å². The van der Waals surface area contributed by atoms with E-state index in [-0.39, 0.29) is 11.3 Å². The van der Waals surface area contributed by atoms with E-state index in [1.54, 1.807) is 19.9 Å². The third kappa shape index (κ3) is 3.10. The van der Waals surface area contributed by atoms with Crippen LogP contribution in [0.2, 0.25) is 0 Å². The van der Waals surface area contributed by atoms with E-state index in [0.717, 1.165) is 12.1 Å². The monoisotopic (exact) mass is 255 g/mol. The molecular formula is C13H12F3NO. The van der Waals surface area contributed by atoms with Crippen molar-refractivity contribution in [2.45, 2.75) is 25.9 Å². The van der Waals surface area contributed by atoms with Gasteiger partial charge in [-0.3, -0.25) is 4.79 Å². The number of Topliss-reactive ketones (excluding diaryl/α,β-unsaturated/α-hetero) is 1. The standard InChI is InChI=1S/C13H12F3NO/c1-8(2)12(18)11(7-17)9-4-3-5-10(6-9)13(14,15)16/h3-6,8,11H,1-2H3/t11-/m0/s1. The Balaban J connectivity index is 3.17. The molecule has 0 heterocycles. The summed E-state index contributed by atoms with van der Waals surface area (Å²) >= 11 is 0. The Kier molecular flexibility index (Phi) is 4.12. The predicted octanol–water partition coefficient (Wildman–Crippen LogP) is 3.54. The molecule has 5 heteroatoms. The van der Waals surface area contributed by atoms with Crippen LogP contribution in [0.5, 0.6) is 0 Å². The van der Waals surface area contributed by atoms with Crippen LogP contribution in [0, 0.1) is 17.2 Å². The summed E-state index contributed by atoms with van der Waals surface area (Å²) in [7, 11) is 0. The normalized spacial score (nSPS) is 13.2. The number of benzene rings is 1. The Bertz CT molecular complexity index is 486. The number of carbonyl (C=O) groups is 1. The van der Waals surface area contributed by atoms with Gasteiger partial charge in [-0.05, 0) is 11.6 Å². The number of nitrogens with zero attached hydrogens (tertiary/aromatic N) is 1. The van der Waals surface area contributed by atoms with Crippen molar-refractivity contribution in [1.29, 1.82) is 5.26 Å². The Morgan fingerprint density at radius 3 is 2.39 bits per heavy atom. The van der Waals surface area contributed by atoms with Crippen molar-refractivity contribution < 1.29 is 18.0 Å². The number of carbonyl (C=O) groups excluding carboxylic acids is 1. The SMILES string of the molecule is CC(C)C(=O)[C@@H](C#N)c1cccc(C(F)(F)F)c1. The minimum atomic E-state index is -4.48. The van der Waals surface area contributed by atoms with Crippen LogP contribution in [-0.4, -0.2) is 5.78 Å². The summed E-state index contributed by atoms with van der Waals surface area (Å²) in [5, 5.41) is 8.94. The zero-order valence-corrected chi connectivity index (χ0v) is 9.95. The molecule has 0 aliphatic heterocycles. The van der Waals surface area contributed by atoms with Crippen molar-refractivity contribution in [2.24, 2.45) is 5.92 Å². The van der Waals surface area contributed by atoms with Gasteiger partial charge in [0.1, 0.15) is 5.92 Å². The molecule has 0 saturated carbocycles. The molecule has 1 atom stereocenters. The number of halogens is 3. The first-order chi connectivity index (χ1) is 8.27. The molecule has 0 bridgehead atoms. The van der Waals surface area contributed by atoms with E-state index < -0.39 is 23.6 Å². The quantitative estimate of drug-likeness (QED) is 0.828. The summed E-state index contributed by atoms with van der Waals surface area (Å²) in [4.78, 5) is 11.7. The van der Waals surface area contributed by atoms with Gasteiger partial charge in [0.2, 0.25) is 0 Å². The van der Waals surface area contributed by atoms with Gasteiger partial charge in [-0.1, -0.05) is 32.0 Å². The van der Waals surface area contributed by atoms with E-state index in [0.29, 0.717) is 0 Å². The van der Waals surface area contributed by atoms with Gasteiger partial charge in [-0.25, -0.2) is 0 Å². The predicted molar refractivity (Wildman–Crippen MR) is 59.6 cm³/mol. The van der Waals surface area contributed by atoms with Crippen LogP contribution >= 0.6 is 0 Å². The molecule has 96 valence electrons. The summed E-state index contributed by atoms with van der Waals surface area (Å²) in [6.07, 6.45) is -4.48. The number of alkyl halides is 3. The van der Waals surface area contributed by atoms with E-state index >= 15 is 0 Å². The van der Waals surface area contributed by atoms with Crippen LogP contribution < -0.4 is 0 Å². The second kappa shape index (κ2) is 5.21. The Hall–Kier alpha value is -1.83. The van der Waals surface area contributed by atoms with Crippen molar-refractivity contribution in [1.82, 2.24) is 0 Å². The minimum absolute atomic E-state index is 0.0889. The average Bonchev–Trinajstić information content (AvgIpc) is 2.29. The largest absolute Gasteiger partial charge is 0.416 e. The van der Waals surface area contributed by atoms with Crippen molar-refractivity contribution in [3.63, 3.8) is 0 Å². The minimum Gasteiger partial charge on any atom is -0.298 e. The first-order valence-corrected chi connectivity index (χ1v) is 5.38. The zero-order chi connectivity index (χ0) is 13.9. The summed E-state index contributed by atoms with van der Waals surface area (Å²) < 4.78 is 37.6. The number of rotatable bonds is 3. The second-order valence-electron chi connectivity index (χ2n) is 4.24. The van der Waals surface area contributed by atoms with Crippen molar-refractivity contribution in [3.05, 3.63) is 35.4 Å². The highest BCUT2D eigenvalue weighted by Crippen LogP contribution is 2.31. The molecule has 0 amide bonds. The molecule has 0 aliphatic rings. The zero-order valence-electron chi connectivity index (χ0n) is 9.95. The molecule has 0 aliphatic carbocycles. The van der Waals surface area contributed by atoms with Gasteiger partial charge < -0.3 is 0 Å². The van der Waals surface area contributed by atoms with Crippen molar-refractivity contribution in [3.8, 4) is 6.07 Å². The van der Waals surface area contributed by atoms with Gasteiger partial charge in [0, 0.05) is 5.92 Å². The van der Waals surface area contributed by atoms with E-state index in [4.69, 9.17) is 5.26 Å². The molecule has 1 aromatic carbocycles. The van der Waals surface area contributed by atoms with Crippen LogP contribution in [0.3, 0.4) is 0 Å². The summed E-state index contributed by atoms with van der Waals surface area (Å²) in [6.45, 7) is 3.22. The first kappa shape index (κ1) is 14.2. The fraction of sp³-hybridized carbons (Fsp3) is 0.385. The lowest BCUT2D eigenvalue weighted by Gasteiger charge is -2.13. The van der Waals surface area contributed by atoms with Gasteiger partial charge >= 0.3 is 6.18 Å². The molecule has 0 spiro atoms. The highest BCUT2D eigenvalue weighted by Gasteiger charge is 2.32. The molecule has 0 N–H and O–H groups in total. The fourth-order valence-corrected chi connectivity index (χ4v) is 1.53. The summed E-state index contributed by atoms with van der Waals surface area (Å²) in [5.74, 6) is -1.92. The second-order valence-corrected chi connectivity index (χ2v) is 4.24. The molecular weight excluding hydrogens is 243 g/mol. The maximum atomic E-state index is 12.5. The first-order valence-electron chi connectivity index (χ1n) is 5.38. The lowest BCUT2D eigenvalue weighted by molar-refractivity contribution is -0.137. The van der Waals surface area contributed by atoms with E-state index in [1.165, 1.54) is 12.1 Å². The molecule has 1 rings (SSSR count).